The Morgan fingerprint density at radius 2 is 2.03 bits per heavy atom. The highest BCUT2D eigenvalue weighted by Crippen LogP contribution is 2.31. The highest BCUT2D eigenvalue weighted by atomic mass is 127. The Kier molecular flexibility index (Phi) is 10.9. The van der Waals surface area contributed by atoms with Gasteiger partial charge in [-0.15, -0.1) is 24.0 Å². The van der Waals surface area contributed by atoms with Crippen LogP contribution < -0.4 is 5.32 Å². The average molecular weight is 528 g/mol. The number of likely N-dealkylation sites (tertiary alicyclic amines) is 2. The number of ether oxygens (including phenoxy) is 1. The third kappa shape index (κ3) is 7.11. The van der Waals surface area contributed by atoms with Crippen LogP contribution in [0.5, 0.6) is 0 Å². The number of aliphatic imine (C=N–C) groups is 1. The number of carbonyl (C=O) groups is 1. The molecule has 0 bridgehead atoms. The lowest BCUT2D eigenvalue weighted by Crippen LogP contribution is -2.56. The number of halogens is 1. The van der Waals surface area contributed by atoms with Gasteiger partial charge in [0, 0.05) is 45.7 Å². The molecule has 2 atom stereocenters. The lowest BCUT2D eigenvalue weighted by Gasteiger charge is -2.48. The number of rotatable bonds is 7. The monoisotopic (exact) mass is 528 g/mol. The molecule has 2 aliphatic rings. The van der Waals surface area contributed by atoms with Gasteiger partial charge in [0.1, 0.15) is 0 Å². The molecule has 1 aromatic rings. The van der Waals surface area contributed by atoms with Crippen LogP contribution in [0.4, 0.5) is 0 Å². The van der Waals surface area contributed by atoms with Gasteiger partial charge in [0.15, 0.2) is 5.96 Å². The van der Waals surface area contributed by atoms with Gasteiger partial charge in [-0.1, -0.05) is 30.3 Å². The highest BCUT2D eigenvalue weighted by molar-refractivity contribution is 14.0. The lowest BCUT2D eigenvalue weighted by atomic mass is 9.83. The van der Waals surface area contributed by atoms with Crippen LogP contribution in [0.2, 0.25) is 0 Å². The molecule has 0 aliphatic carbocycles. The van der Waals surface area contributed by atoms with Crippen molar-refractivity contribution in [3.63, 3.8) is 0 Å². The number of fused-ring (bicyclic) bond motifs is 1. The van der Waals surface area contributed by atoms with Gasteiger partial charge in [0.25, 0.3) is 0 Å². The summed E-state index contributed by atoms with van der Waals surface area (Å²) < 4.78 is 4.99. The van der Waals surface area contributed by atoms with E-state index in [-0.39, 0.29) is 29.9 Å². The first-order valence-corrected chi connectivity index (χ1v) is 11.1. The maximum Gasteiger partial charge on any atom is 0.305 e. The van der Waals surface area contributed by atoms with E-state index in [1.54, 1.807) is 0 Å². The summed E-state index contributed by atoms with van der Waals surface area (Å²) in [6, 6.07) is 11.5. The Labute approximate surface area is 198 Å². The summed E-state index contributed by atoms with van der Waals surface area (Å²) in [5.41, 5.74) is 1.41. The second kappa shape index (κ2) is 13.1. The molecule has 0 saturated carbocycles. The standard InChI is InChI=1S/C23H36N4O2.HI/c1-3-29-22(28)12-7-14-25-23(24-2)27-16-13-21-20(18-27)11-8-15-26(21)17-19-9-5-4-6-10-19;/h4-6,9-10,20-21H,3,7-8,11-18H2,1-2H3,(H,24,25);1H. The molecule has 0 radical (unpaired) electrons. The summed E-state index contributed by atoms with van der Waals surface area (Å²) >= 11 is 0. The van der Waals surface area contributed by atoms with Crippen LogP contribution in [0.1, 0.15) is 44.6 Å². The molecule has 0 aromatic heterocycles. The van der Waals surface area contributed by atoms with Gasteiger partial charge in [-0.3, -0.25) is 14.7 Å². The highest BCUT2D eigenvalue weighted by Gasteiger charge is 2.36. The van der Waals surface area contributed by atoms with Gasteiger partial charge in [-0.25, -0.2) is 0 Å². The zero-order chi connectivity index (χ0) is 20.5. The number of hydrogen-bond donors (Lipinski definition) is 1. The molecule has 2 fully saturated rings. The first-order chi connectivity index (χ1) is 14.2. The molecule has 2 aliphatic heterocycles. The summed E-state index contributed by atoms with van der Waals surface area (Å²) in [5.74, 6) is 1.54. The maximum atomic E-state index is 11.5. The topological polar surface area (TPSA) is 57.2 Å². The van der Waals surface area contributed by atoms with Crippen molar-refractivity contribution in [2.75, 3.05) is 39.8 Å². The van der Waals surface area contributed by atoms with E-state index in [9.17, 15) is 4.79 Å². The normalized spacial score (nSPS) is 22.1. The number of esters is 1. The predicted octanol–water partition coefficient (Wildman–Crippen LogP) is 3.51. The molecule has 6 nitrogen and oxygen atoms in total. The minimum absolute atomic E-state index is 0. The van der Waals surface area contributed by atoms with Gasteiger partial charge in [0.2, 0.25) is 0 Å². The first kappa shape index (κ1) is 24.9. The molecule has 0 spiro atoms. The number of benzene rings is 1. The molecule has 2 unspecified atom stereocenters. The van der Waals surface area contributed by atoms with Gasteiger partial charge in [-0.05, 0) is 50.6 Å². The van der Waals surface area contributed by atoms with E-state index in [1.807, 2.05) is 14.0 Å². The van der Waals surface area contributed by atoms with Crippen molar-refractivity contribution in [3.05, 3.63) is 35.9 Å². The maximum absolute atomic E-state index is 11.5. The Hall–Kier alpha value is -1.35. The molecule has 1 N–H and O–H groups in total. The van der Waals surface area contributed by atoms with Gasteiger partial charge in [0.05, 0.1) is 6.61 Å². The Balaban J connectivity index is 0.00000320. The molecule has 3 rings (SSSR count). The third-order valence-electron chi connectivity index (χ3n) is 6.07. The smallest absolute Gasteiger partial charge is 0.305 e. The van der Waals surface area contributed by atoms with Gasteiger partial charge >= 0.3 is 5.97 Å². The fraction of sp³-hybridized carbons (Fsp3) is 0.652. The van der Waals surface area contributed by atoms with E-state index in [4.69, 9.17) is 4.74 Å². The van der Waals surface area contributed by atoms with E-state index in [1.165, 1.54) is 31.4 Å². The number of hydrogen-bond acceptors (Lipinski definition) is 4. The van der Waals surface area contributed by atoms with Gasteiger partial charge in [-0.2, -0.15) is 0 Å². The van der Waals surface area contributed by atoms with Crippen LogP contribution in [0.15, 0.2) is 35.3 Å². The molecule has 0 amide bonds. The molecular weight excluding hydrogens is 491 g/mol. The van der Waals surface area contributed by atoms with Crippen LogP contribution in [0, 0.1) is 5.92 Å². The van der Waals surface area contributed by atoms with Crippen molar-refractivity contribution in [2.24, 2.45) is 10.9 Å². The third-order valence-corrected chi connectivity index (χ3v) is 6.07. The summed E-state index contributed by atoms with van der Waals surface area (Å²) in [7, 11) is 1.85. The largest absolute Gasteiger partial charge is 0.466 e. The van der Waals surface area contributed by atoms with E-state index >= 15 is 0 Å². The summed E-state index contributed by atoms with van der Waals surface area (Å²) in [6.07, 6.45) is 4.97. The molecule has 2 heterocycles. The zero-order valence-electron chi connectivity index (χ0n) is 18.4. The fourth-order valence-corrected chi connectivity index (χ4v) is 4.71. The van der Waals surface area contributed by atoms with Crippen LogP contribution in [0.25, 0.3) is 0 Å². The van der Waals surface area contributed by atoms with Crippen molar-refractivity contribution in [1.82, 2.24) is 15.1 Å². The summed E-state index contributed by atoms with van der Waals surface area (Å²) in [4.78, 5) is 21.1. The van der Waals surface area contributed by atoms with E-state index in [0.717, 1.165) is 38.6 Å². The predicted molar refractivity (Wildman–Crippen MR) is 132 cm³/mol. The lowest BCUT2D eigenvalue weighted by molar-refractivity contribution is -0.143. The van der Waals surface area contributed by atoms with Crippen molar-refractivity contribution in [2.45, 2.75) is 51.6 Å². The Morgan fingerprint density at radius 1 is 1.23 bits per heavy atom. The number of nitrogens with one attached hydrogen (secondary N) is 1. The number of guanidine groups is 1. The molecule has 7 heteroatoms. The zero-order valence-corrected chi connectivity index (χ0v) is 20.7. The van der Waals surface area contributed by atoms with Gasteiger partial charge < -0.3 is 15.0 Å². The Bertz CT molecular complexity index is 670. The second-order valence-corrected chi connectivity index (χ2v) is 8.04. The second-order valence-electron chi connectivity index (χ2n) is 8.04. The number of carbonyl (C=O) groups excluding carboxylic acids is 1. The minimum atomic E-state index is -0.120. The quantitative estimate of drug-likeness (QED) is 0.193. The number of nitrogens with zero attached hydrogens (tertiary/aromatic N) is 3. The number of piperidine rings is 2. The molecule has 1 aromatic carbocycles. The van der Waals surface area contributed by atoms with Crippen LogP contribution >= 0.6 is 24.0 Å². The molecular formula is C23H37IN4O2. The SMILES string of the molecule is CCOC(=O)CCCNC(=NC)N1CCC2C(CCCN2Cc2ccccc2)C1.I. The summed E-state index contributed by atoms with van der Waals surface area (Å²) in [5, 5.41) is 3.44. The van der Waals surface area contributed by atoms with Crippen LogP contribution in [-0.4, -0.2) is 67.6 Å². The first-order valence-electron chi connectivity index (χ1n) is 11.1. The average Bonchev–Trinajstić information content (AvgIpc) is 2.75. The van der Waals surface area contributed by atoms with E-state index < -0.39 is 0 Å². The van der Waals surface area contributed by atoms with Crippen LogP contribution in [0.3, 0.4) is 0 Å². The summed E-state index contributed by atoms with van der Waals surface area (Å²) in [6.45, 7) is 7.40. The van der Waals surface area contributed by atoms with Crippen molar-refractivity contribution < 1.29 is 9.53 Å². The Morgan fingerprint density at radius 3 is 2.77 bits per heavy atom. The minimum Gasteiger partial charge on any atom is -0.466 e. The molecule has 2 saturated heterocycles. The van der Waals surface area contributed by atoms with E-state index in [0.29, 0.717) is 25.0 Å². The van der Waals surface area contributed by atoms with Crippen LogP contribution in [-0.2, 0) is 16.1 Å². The van der Waals surface area contributed by atoms with E-state index in [2.05, 4.69) is 50.4 Å². The van der Waals surface area contributed by atoms with Crippen molar-refractivity contribution in [3.8, 4) is 0 Å². The van der Waals surface area contributed by atoms with Crippen molar-refractivity contribution >= 4 is 35.9 Å². The van der Waals surface area contributed by atoms with Crippen molar-refractivity contribution in [1.29, 1.82) is 0 Å². The molecule has 30 heavy (non-hydrogen) atoms. The fourth-order valence-electron chi connectivity index (χ4n) is 4.71. The molecule has 168 valence electrons.